The van der Waals surface area contributed by atoms with E-state index in [2.05, 4.69) is 10.8 Å². The number of hydrogen-bond acceptors (Lipinski definition) is 3. The van der Waals surface area contributed by atoms with Gasteiger partial charge in [0.25, 0.3) is 0 Å². The molecular weight excluding hydrogens is 248 g/mol. The molecule has 0 bridgehead atoms. The molecule has 0 aromatic heterocycles. The fourth-order valence-electron chi connectivity index (χ4n) is 2.02. The first kappa shape index (κ1) is 13.8. The fourth-order valence-corrected chi connectivity index (χ4v) is 3.78. The second-order valence-electron chi connectivity index (χ2n) is 4.22. The van der Waals surface area contributed by atoms with E-state index in [9.17, 15) is 13.7 Å². The number of hydrogen-bond donors (Lipinski definition) is 1. The normalized spacial score (nSPS) is 21.0. The van der Waals surface area contributed by atoms with E-state index in [4.69, 9.17) is 11.6 Å². The Kier molecular flexibility index (Phi) is 5.03. The van der Waals surface area contributed by atoms with Gasteiger partial charge in [-0.1, -0.05) is 25.7 Å². The average molecular weight is 265 g/mol. The van der Waals surface area contributed by atoms with Crippen molar-refractivity contribution in [1.82, 2.24) is 4.72 Å². The molecule has 0 aromatic carbocycles. The maximum atomic E-state index is 11.6. The minimum Gasteiger partial charge on any atom is -0.212 e. The summed E-state index contributed by atoms with van der Waals surface area (Å²) in [7, 11) is -3.42. The van der Waals surface area contributed by atoms with Crippen molar-refractivity contribution >= 4 is 21.6 Å². The summed E-state index contributed by atoms with van der Waals surface area (Å²) in [6.07, 6.45) is 5.14. The number of halogens is 1. The van der Waals surface area contributed by atoms with Crippen molar-refractivity contribution in [2.24, 2.45) is 0 Å². The van der Waals surface area contributed by atoms with E-state index in [-0.39, 0.29) is 11.6 Å². The monoisotopic (exact) mass is 264 g/mol. The highest BCUT2D eigenvalue weighted by Gasteiger charge is 2.34. The Hall–Kier alpha value is -0.310. The molecule has 0 amide bonds. The summed E-state index contributed by atoms with van der Waals surface area (Å²) in [5.41, 5.74) is -0.901. The smallest absolute Gasteiger partial charge is 0.212 e. The van der Waals surface area contributed by atoms with Gasteiger partial charge in [-0.25, -0.2) is 8.42 Å². The van der Waals surface area contributed by atoms with Gasteiger partial charge >= 0.3 is 0 Å². The van der Waals surface area contributed by atoms with Crippen molar-refractivity contribution in [3.8, 4) is 6.07 Å². The number of nitrogens with one attached hydrogen (secondary N) is 1. The summed E-state index contributed by atoms with van der Waals surface area (Å²) >= 11 is 5.42. The molecule has 0 aromatic rings. The van der Waals surface area contributed by atoms with Gasteiger partial charge in [0.1, 0.15) is 5.54 Å². The van der Waals surface area contributed by atoms with Gasteiger partial charge < -0.3 is 0 Å². The maximum Gasteiger partial charge on any atom is 0.214 e. The van der Waals surface area contributed by atoms with Gasteiger partial charge in [0.15, 0.2) is 0 Å². The quantitative estimate of drug-likeness (QED) is 0.621. The first-order valence-electron chi connectivity index (χ1n) is 5.52. The van der Waals surface area contributed by atoms with Crippen LogP contribution in [0, 0.1) is 11.3 Å². The molecule has 1 fully saturated rings. The van der Waals surface area contributed by atoms with Gasteiger partial charge in [0.05, 0.1) is 11.8 Å². The predicted molar refractivity (Wildman–Crippen MR) is 63.7 cm³/mol. The Bertz CT molecular complexity index is 354. The van der Waals surface area contributed by atoms with Gasteiger partial charge in [-0.15, -0.1) is 11.6 Å². The Balaban J connectivity index is 2.77. The molecule has 0 saturated heterocycles. The molecule has 1 saturated carbocycles. The maximum absolute atomic E-state index is 11.6. The topological polar surface area (TPSA) is 70.0 Å². The average Bonchev–Trinajstić information content (AvgIpc) is 2.43. The molecule has 0 spiro atoms. The molecule has 1 aliphatic rings. The second-order valence-corrected chi connectivity index (χ2v) is 6.44. The van der Waals surface area contributed by atoms with E-state index in [1.54, 1.807) is 0 Å². The van der Waals surface area contributed by atoms with Gasteiger partial charge in [-0.05, 0) is 12.8 Å². The first-order chi connectivity index (χ1) is 7.54. The molecule has 0 heterocycles. The zero-order chi connectivity index (χ0) is 12.1. The van der Waals surface area contributed by atoms with E-state index in [0.717, 1.165) is 25.7 Å². The van der Waals surface area contributed by atoms with E-state index in [1.807, 2.05) is 0 Å². The zero-order valence-electron chi connectivity index (χ0n) is 9.21. The number of nitriles is 1. The van der Waals surface area contributed by atoms with Crippen molar-refractivity contribution in [2.45, 2.75) is 44.1 Å². The van der Waals surface area contributed by atoms with Crippen LogP contribution in [-0.2, 0) is 10.0 Å². The lowest BCUT2D eigenvalue weighted by Gasteiger charge is -2.25. The van der Waals surface area contributed by atoms with Crippen LogP contribution in [0.1, 0.15) is 38.5 Å². The molecule has 1 N–H and O–H groups in total. The molecule has 0 atom stereocenters. The van der Waals surface area contributed by atoms with Crippen LogP contribution in [0.2, 0.25) is 0 Å². The van der Waals surface area contributed by atoms with E-state index >= 15 is 0 Å². The fraction of sp³-hybridized carbons (Fsp3) is 0.900. The Morgan fingerprint density at radius 2 is 1.81 bits per heavy atom. The molecule has 0 unspecified atom stereocenters. The van der Waals surface area contributed by atoms with Crippen LogP contribution >= 0.6 is 11.6 Å². The summed E-state index contributed by atoms with van der Waals surface area (Å²) in [4.78, 5) is 0. The Labute approximate surface area is 102 Å². The van der Waals surface area contributed by atoms with Crippen molar-refractivity contribution in [3.63, 3.8) is 0 Å². The number of sulfonamides is 1. The van der Waals surface area contributed by atoms with Crippen LogP contribution in [0.25, 0.3) is 0 Å². The van der Waals surface area contributed by atoms with Crippen molar-refractivity contribution in [2.75, 3.05) is 11.6 Å². The van der Waals surface area contributed by atoms with Gasteiger partial charge in [0.2, 0.25) is 10.0 Å². The van der Waals surface area contributed by atoms with Crippen molar-refractivity contribution < 1.29 is 8.42 Å². The number of alkyl halides is 1. The summed E-state index contributed by atoms with van der Waals surface area (Å²) in [6, 6.07) is 2.14. The minimum absolute atomic E-state index is 0.0524. The lowest BCUT2D eigenvalue weighted by Crippen LogP contribution is -2.47. The number of rotatable bonds is 4. The van der Waals surface area contributed by atoms with Crippen LogP contribution in [0.5, 0.6) is 0 Å². The van der Waals surface area contributed by atoms with Gasteiger partial charge in [0, 0.05) is 5.88 Å². The highest BCUT2D eigenvalue weighted by atomic mass is 35.5. The standard InChI is InChI=1S/C10H17ClN2O2S/c11-7-8-16(14,15)13-10(9-12)5-3-1-2-4-6-10/h13H,1-8H2. The molecule has 92 valence electrons. The molecule has 1 aliphatic carbocycles. The van der Waals surface area contributed by atoms with E-state index in [0.29, 0.717) is 12.8 Å². The Morgan fingerprint density at radius 1 is 1.25 bits per heavy atom. The summed E-state index contributed by atoms with van der Waals surface area (Å²) in [6.45, 7) is 0. The molecular formula is C10H17ClN2O2S. The third-order valence-corrected chi connectivity index (χ3v) is 4.72. The second kappa shape index (κ2) is 5.85. The summed E-state index contributed by atoms with van der Waals surface area (Å²) in [5.74, 6) is -0.0746. The predicted octanol–water partition coefficient (Wildman–Crippen LogP) is 1.76. The molecule has 1 rings (SSSR count). The highest BCUT2D eigenvalue weighted by Crippen LogP contribution is 2.27. The molecule has 4 nitrogen and oxygen atoms in total. The van der Waals surface area contributed by atoms with Crippen LogP contribution in [0.15, 0.2) is 0 Å². The molecule has 0 radical (unpaired) electrons. The van der Waals surface area contributed by atoms with Crippen LogP contribution in [0.3, 0.4) is 0 Å². The largest absolute Gasteiger partial charge is 0.214 e. The van der Waals surface area contributed by atoms with Gasteiger partial charge in [-0.3, -0.25) is 0 Å². The van der Waals surface area contributed by atoms with Crippen molar-refractivity contribution in [3.05, 3.63) is 0 Å². The first-order valence-corrected chi connectivity index (χ1v) is 7.71. The third-order valence-electron chi connectivity index (χ3n) is 2.87. The van der Waals surface area contributed by atoms with E-state index in [1.165, 1.54) is 0 Å². The minimum atomic E-state index is -3.42. The Morgan fingerprint density at radius 3 is 2.25 bits per heavy atom. The third kappa shape index (κ3) is 3.93. The van der Waals surface area contributed by atoms with Crippen LogP contribution in [-0.4, -0.2) is 25.6 Å². The summed E-state index contributed by atoms with van der Waals surface area (Å²) < 4.78 is 25.8. The van der Waals surface area contributed by atoms with Crippen molar-refractivity contribution in [1.29, 1.82) is 5.26 Å². The van der Waals surface area contributed by atoms with Gasteiger partial charge in [-0.2, -0.15) is 9.98 Å². The van der Waals surface area contributed by atoms with Crippen LogP contribution in [0.4, 0.5) is 0 Å². The number of nitrogens with zero attached hydrogens (tertiary/aromatic N) is 1. The summed E-state index contributed by atoms with van der Waals surface area (Å²) in [5, 5.41) is 9.19. The SMILES string of the molecule is N#CC1(NS(=O)(=O)CCCl)CCCCCC1. The highest BCUT2D eigenvalue weighted by molar-refractivity contribution is 7.89. The zero-order valence-corrected chi connectivity index (χ0v) is 10.8. The van der Waals surface area contributed by atoms with E-state index < -0.39 is 15.6 Å². The lowest BCUT2D eigenvalue weighted by atomic mass is 9.94. The van der Waals surface area contributed by atoms with Crippen LogP contribution < -0.4 is 4.72 Å². The molecule has 0 aliphatic heterocycles. The lowest BCUT2D eigenvalue weighted by molar-refractivity contribution is 0.422. The molecule has 16 heavy (non-hydrogen) atoms. The molecule has 6 heteroatoms.